The lowest BCUT2D eigenvalue weighted by molar-refractivity contribution is 0.0526. The first-order chi connectivity index (χ1) is 23.2. The van der Waals surface area contributed by atoms with Crippen LogP contribution in [-0.4, -0.2) is 60.3 Å². The Kier molecular flexibility index (Phi) is 11.8. The Morgan fingerprint density at radius 2 is 1.39 bits per heavy atom. The fourth-order valence-electron chi connectivity index (χ4n) is 4.79. The van der Waals surface area contributed by atoms with Crippen molar-refractivity contribution in [2.24, 2.45) is 0 Å². The average Bonchev–Trinajstić information content (AvgIpc) is 3.44. The Morgan fingerprint density at radius 1 is 0.796 bits per heavy atom. The van der Waals surface area contributed by atoms with Gasteiger partial charge in [0, 0.05) is 30.4 Å². The second-order valence-corrected chi connectivity index (χ2v) is 13.5. The van der Waals surface area contributed by atoms with E-state index in [1.807, 2.05) is 18.2 Å². The topological polar surface area (TPSA) is 182 Å². The predicted octanol–water partition coefficient (Wildman–Crippen LogP) is 5.11. The van der Waals surface area contributed by atoms with Crippen molar-refractivity contribution in [3.63, 3.8) is 0 Å². The summed E-state index contributed by atoms with van der Waals surface area (Å²) in [4.78, 5) is 49.7. The number of aromatic carboxylic acids is 1. The van der Waals surface area contributed by atoms with Gasteiger partial charge in [-0.25, -0.2) is 23.1 Å². The molecule has 258 valence electrons. The Balaban J connectivity index is 1.54. The van der Waals surface area contributed by atoms with Crippen LogP contribution in [0.15, 0.2) is 91.1 Å². The second-order valence-electron chi connectivity index (χ2n) is 11.9. The van der Waals surface area contributed by atoms with Crippen LogP contribution < -0.4 is 15.4 Å². The molecule has 0 atom stereocenters. The van der Waals surface area contributed by atoms with E-state index in [-0.39, 0.29) is 37.2 Å². The van der Waals surface area contributed by atoms with E-state index in [9.17, 15) is 32.7 Å². The number of carboxylic acid groups (broad SMARTS) is 1. The number of rotatable bonds is 13. The van der Waals surface area contributed by atoms with E-state index in [1.165, 1.54) is 24.3 Å². The third kappa shape index (κ3) is 10.4. The van der Waals surface area contributed by atoms with Crippen molar-refractivity contribution >= 4 is 34.3 Å². The number of nitrogens with zero attached hydrogens (tertiary/aromatic N) is 1. The highest BCUT2D eigenvalue weighted by molar-refractivity contribution is 7.88. The van der Waals surface area contributed by atoms with Gasteiger partial charge in [-0.2, -0.15) is 8.42 Å². The first-order valence-electron chi connectivity index (χ1n) is 15.3. The number of alkyl carbamates (subject to hydrolysis) is 1. The van der Waals surface area contributed by atoms with Gasteiger partial charge >= 0.3 is 28.4 Å². The smallest absolute Gasteiger partial charge is 0.422 e. The lowest BCUT2D eigenvalue weighted by Crippen LogP contribution is -2.36. The van der Waals surface area contributed by atoms with Crippen LogP contribution in [0.25, 0.3) is 11.1 Å². The summed E-state index contributed by atoms with van der Waals surface area (Å²) in [5.74, 6) is -1.95. The highest BCUT2D eigenvalue weighted by Gasteiger charge is 2.30. The molecule has 49 heavy (non-hydrogen) atoms. The minimum atomic E-state index is -4.78. The number of amides is 3. The van der Waals surface area contributed by atoms with Crippen molar-refractivity contribution in [3.8, 4) is 11.1 Å². The molecule has 3 aromatic carbocycles. The number of carboxylic acids is 1. The fraction of sp³-hybridized carbons (Fsp3) is 0.257. The summed E-state index contributed by atoms with van der Waals surface area (Å²) in [6, 6.07) is 23.7. The number of ether oxygens (including phenoxy) is 2. The molecule has 0 radical (unpaired) electrons. The van der Waals surface area contributed by atoms with Crippen molar-refractivity contribution in [2.75, 3.05) is 13.1 Å². The van der Waals surface area contributed by atoms with Gasteiger partial charge in [-0.15, -0.1) is 0 Å². The molecule has 0 aliphatic rings. The number of nitrogens with one attached hydrogen (secondary N) is 3. The van der Waals surface area contributed by atoms with Crippen LogP contribution in [0.4, 0.5) is 9.59 Å². The maximum Gasteiger partial charge on any atom is 0.422 e. The summed E-state index contributed by atoms with van der Waals surface area (Å²) in [5.41, 5.74) is 1.24. The molecule has 0 fully saturated rings. The van der Waals surface area contributed by atoms with Crippen molar-refractivity contribution in [2.45, 2.75) is 45.8 Å². The normalized spacial score (nSPS) is 11.3. The Hall–Kier alpha value is -5.63. The summed E-state index contributed by atoms with van der Waals surface area (Å²) in [6.45, 7) is 5.62. The number of carbonyl (C=O) groups is 4. The van der Waals surface area contributed by atoms with Crippen molar-refractivity contribution < 1.29 is 42.2 Å². The summed E-state index contributed by atoms with van der Waals surface area (Å²) in [6.07, 6.45) is -0.0659. The monoisotopic (exact) mass is 690 g/mol. The molecule has 0 bridgehead atoms. The number of carbonyl (C=O) groups excluding carboxylic acids is 3. The summed E-state index contributed by atoms with van der Waals surface area (Å²) in [7, 11) is -4.78. The largest absolute Gasteiger partial charge is 0.477 e. The van der Waals surface area contributed by atoms with Gasteiger partial charge in [0.2, 0.25) is 0 Å². The van der Waals surface area contributed by atoms with E-state index in [2.05, 4.69) is 10.6 Å². The maximum atomic E-state index is 13.4. The second kappa shape index (κ2) is 16.0. The molecule has 0 unspecified atom stereocenters. The number of hydrogen-bond acceptors (Lipinski definition) is 8. The quantitative estimate of drug-likeness (QED) is 0.139. The molecule has 14 heteroatoms. The van der Waals surface area contributed by atoms with Crippen LogP contribution in [-0.2, 0) is 32.7 Å². The van der Waals surface area contributed by atoms with Gasteiger partial charge in [0.25, 0.3) is 5.91 Å². The Morgan fingerprint density at radius 3 is 1.98 bits per heavy atom. The van der Waals surface area contributed by atoms with Crippen LogP contribution in [0.2, 0.25) is 0 Å². The van der Waals surface area contributed by atoms with E-state index in [4.69, 9.17) is 9.47 Å². The number of benzene rings is 3. The minimum Gasteiger partial charge on any atom is -0.477 e. The standard InChI is InChI=1S/C35H38N4O9S/c1-35(2,3)48-33(43)37-20-10-19-36-31(40)27-17-15-26(16-18-27)29-28(21-24-11-6-4-7-12-24)22-39(30(29)32(41)42)49(45,46)38-34(44)47-23-25-13-8-5-9-14-25/h4-9,11-18,22H,10,19-21,23H2,1-3H3,(H,36,40)(H,37,43)(H,38,44)(H,41,42). The number of aromatic nitrogens is 1. The van der Waals surface area contributed by atoms with Crippen molar-refractivity contribution in [1.29, 1.82) is 0 Å². The highest BCUT2D eigenvalue weighted by Crippen LogP contribution is 2.33. The van der Waals surface area contributed by atoms with Gasteiger partial charge in [-0.05, 0) is 68.0 Å². The van der Waals surface area contributed by atoms with Gasteiger partial charge in [0.1, 0.15) is 12.2 Å². The van der Waals surface area contributed by atoms with E-state index < -0.39 is 45.6 Å². The van der Waals surface area contributed by atoms with E-state index in [0.29, 0.717) is 27.1 Å². The van der Waals surface area contributed by atoms with Gasteiger partial charge in [0.05, 0.1) is 0 Å². The third-order valence-electron chi connectivity index (χ3n) is 6.92. The van der Waals surface area contributed by atoms with Crippen LogP contribution in [0, 0.1) is 0 Å². The zero-order chi connectivity index (χ0) is 35.6. The molecule has 1 aromatic heterocycles. The Labute approximate surface area is 284 Å². The van der Waals surface area contributed by atoms with Crippen molar-refractivity contribution in [3.05, 3.63) is 119 Å². The molecule has 0 aliphatic carbocycles. The molecular weight excluding hydrogens is 652 g/mol. The summed E-state index contributed by atoms with van der Waals surface area (Å²) in [5, 5.41) is 15.7. The molecule has 4 N–H and O–H groups in total. The van der Waals surface area contributed by atoms with E-state index in [1.54, 1.807) is 68.0 Å². The first-order valence-corrected chi connectivity index (χ1v) is 16.8. The van der Waals surface area contributed by atoms with Gasteiger partial charge < -0.3 is 25.2 Å². The van der Waals surface area contributed by atoms with Crippen molar-refractivity contribution in [1.82, 2.24) is 19.3 Å². The van der Waals surface area contributed by atoms with Gasteiger partial charge in [-0.1, -0.05) is 72.8 Å². The third-order valence-corrected chi connectivity index (χ3v) is 8.15. The molecule has 4 aromatic rings. The van der Waals surface area contributed by atoms with Crippen LogP contribution in [0.3, 0.4) is 0 Å². The van der Waals surface area contributed by atoms with E-state index in [0.717, 1.165) is 11.8 Å². The predicted molar refractivity (Wildman–Crippen MR) is 181 cm³/mol. The first kappa shape index (κ1) is 36.2. The van der Waals surface area contributed by atoms with Gasteiger partial charge in [-0.3, -0.25) is 4.79 Å². The van der Waals surface area contributed by atoms with Crippen LogP contribution in [0.5, 0.6) is 0 Å². The molecule has 4 rings (SSSR count). The van der Waals surface area contributed by atoms with Crippen LogP contribution in [0.1, 0.15) is 64.7 Å². The zero-order valence-electron chi connectivity index (χ0n) is 27.3. The molecule has 0 aliphatic heterocycles. The minimum absolute atomic E-state index is 0.0968. The lowest BCUT2D eigenvalue weighted by Gasteiger charge is -2.19. The lowest BCUT2D eigenvalue weighted by atomic mass is 9.96. The molecule has 1 heterocycles. The molecule has 0 saturated carbocycles. The number of hydrogen-bond donors (Lipinski definition) is 4. The summed E-state index contributed by atoms with van der Waals surface area (Å²) >= 11 is 0. The highest BCUT2D eigenvalue weighted by atomic mass is 32.2. The molecular formula is C35H38N4O9S. The van der Waals surface area contributed by atoms with Crippen LogP contribution >= 0.6 is 0 Å². The Bertz CT molecular complexity index is 1880. The maximum absolute atomic E-state index is 13.4. The average molecular weight is 691 g/mol. The van der Waals surface area contributed by atoms with Gasteiger partial charge in [0.15, 0.2) is 5.69 Å². The molecule has 0 saturated heterocycles. The SMILES string of the molecule is CC(C)(C)OC(=O)NCCCNC(=O)c1ccc(-c2c(Cc3ccccc3)cn(S(=O)(=O)NC(=O)OCc3ccccc3)c2C(=O)O)cc1. The molecule has 13 nitrogen and oxygen atoms in total. The summed E-state index contributed by atoms with van der Waals surface area (Å²) < 4.78 is 39.4. The van der Waals surface area contributed by atoms with E-state index >= 15 is 0 Å². The molecule has 0 spiro atoms. The molecule has 3 amide bonds. The fourth-order valence-corrected chi connectivity index (χ4v) is 5.83. The zero-order valence-corrected chi connectivity index (χ0v) is 28.1.